The first-order chi connectivity index (χ1) is 7.61. The third-order valence-electron chi connectivity index (χ3n) is 2.18. The zero-order valence-corrected chi connectivity index (χ0v) is 10.2. The van der Waals surface area contributed by atoms with Crippen LogP contribution in [0.2, 0.25) is 15.1 Å². The molecule has 0 amide bonds. The number of halogens is 4. The Labute approximate surface area is 108 Å². The fraction of sp³-hybridized carbons (Fsp3) is 0. The topological polar surface area (TPSA) is 0 Å². The van der Waals surface area contributed by atoms with Crippen LogP contribution in [0.25, 0.3) is 11.1 Å². The Morgan fingerprint density at radius 2 is 1.50 bits per heavy atom. The second-order valence-corrected chi connectivity index (χ2v) is 4.40. The molecule has 0 aromatic heterocycles. The van der Waals surface area contributed by atoms with Crippen molar-refractivity contribution in [2.75, 3.05) is 0 Å². The zero-order valence-electron chi connectivity index (χ0n) is 7.98. The number of rotatable bonds is 1. The van der Waals surface area contributed by atoms with Gasteiger partial charge in [0.05, 0.1) is 15.1 Å². The first-order valence-electron chi connectivity index (χ1n) is 4.49. The van der Waals surface area contributed by atoms with Crippen molar-refractivity contribution in [1.82, 2.24) is 0 Å². The number of hydrogen-bond acceptors (Lipinski definition) is 0. The van der Waals surface area contributed by atoms with Gasteiger partial charge in [-0.25, -0.2) is 4.39 Å². The van der Waals surface area contributed by atoms with Gasteiger partial charge in [0.1, 0.15) is 0 Å². The molecule has 0 N–H and O–H groups in total. The Hall–Kier alpha value is -0.760. The molecule has 0 heterocycles. The van der Waals surface area contributed by atoms with Crippen LogP contribution in [-0.4, -0.2) is 0 Å². The predicted molar refractivity (Wildman–Crippen MR) is 66.9 cm³/mol. The van der Waals surface area contributed by atoms with Gasteiger partial charge < -0.3 is 0 Å². The van der Waals surface area contributed by atoms with Crippen molar-refractivity contribution >= 4 is 34.8 Å². The van der Waals surface area contributed by atoms with Crippen molar-refractivity contribution in [2.24, 2.45) is 0 Å². The van der Waals surface area contributed by atoms with E-state index in [-0.39, 0.29) is 10.0 Å². The van der Waals surface area contributed by atoms with Gasteiger partial charge in [0, 0.05) is 5.56 Å². The molecule has 0 aliphatic carbocycles. The van der Waals surface area contributed by atoms with E-state index >= 15 is 0 Å². The summed E-state index contributed by atoms with van der Waals surface area (Å²) in [5, 5.41) is 0.209. The molecule has 0 fully saturated rings. The lowest BCUT2D eigenvalue weighted by atomic mass is 10.1. The summed E-state index contributed by atoms with van der Waals surface area (Å²) in [7, 11) is 0. The third-order valence-corrected chi connectivity index (χ3v) is 3.10. The molecular weight excluding hydrogens is 269 g/mol. The van der Waals surface area contributed by atoms with Gasteiger partial charge in [-0.1, -0.05) is 65.1 Å². The summed E-state index contributed by atoms with van der Waals surface area (Å²) in [4.78, 5) is 0. The maximum absolute atomic E-state index is 13.5. The van der Waals surface area contributed by atoms with Gasteiger partial charge in [0.25, 0.3) is 0 Å². The average Bonchev–Trinajstić information content (AvgIpc) is 2.28. The molecule has 16 heavy (non-hydrogen) atoms. The molecule has 0 nitrogen and oxygen atoms in total. The van der Waals surface area contributed by atoms with Crippen LogP contribution >= 0.6 is 34.8 Å². The normalized spacial score (nSPS) is 10.5. The molecule has 0 bridgehead atoms. The Morgan fingerprint density at radius 3 is 2.12 bits per heavy atom. The summed E-state index contributed by atoms with van der Waals surface area (Å²) in [6.07, 6.45) is 0. The largest absolute Gasteiger partial charge is 0.204 e. The number of benzene rings is 2. The third kappa shape index (κ3) is 2.03. The molecule has 82 valence electrons. The van der Waals surface area contributed by atoms with Crippen LogP contribution < -0.4 is 0 Å². The molecule has 2 rings (SSSR count). The zero-order chi connectivity index (χ0) is 11.7. The van der Waals surface area contributed by atoms with E-state index in [2.05, 4.69) is 0 Å². The maximum Gasteiger partial charge on any atom is 0.161 e. The minimum Gasteiger partial charge on any atom is -0.204 e. The summed E-state index contributed by atoms with van der Waals surface area (Å²) in [6.45, 7) is 0. The quantitative estimate of drug-likeness (QED) is 0.479. The Morgan fingerprint density at radius 1 is 0.875 bits per heavy atom. The van der Waals surface area contributed by atoms with Gasteiger partial charge >= 0.3 is 0 Å². The van der Waals surface area contributed by atoms with E-state index in [1.54, 1.807) is 12.1 Å². The van der Waals surface area contributed by atoms with Gasteiger partial charge in [0.2, 0.25) is 0 Å². The van der Waals surface area contributed by atoms with Crippen LogP contribution in [0, 0.1) is 5.82 Å². The van der Waals surface area contributed by atoms with E-state index in [1.165, 1.54) is 6.07 Å². The van der Waals surface area contributed by atoms with Gasteiger partial charge in [-0.2, -0.15) is 0 Å². The lowest BCUT2D eigenvalue weighted by Gasteiger charge is -2.09. The van der Waals surface area contributed by atoms with E-state index < -0.39 is 5.82 Å². The van der Waals surface area contributed by atoms with Gasteiger partial charge in [-0.3, -0.25) is 0 Å². The first kappa shape index (κ1) is 11.7. The summed E-state index contributed by atoms with van der Waals surface area (Å²) in [5.41, 5.74) is 1.22. The van der Waals surface area contributed by atoms with Gasteiger partial charge in [0.15, 0.2) is 5.82 Å². The molecule has 0 spiro atoms. The van der Waals surface area contributed by atoms with E-state index in [1.807, 2.05) is 18.2 Å². The van der Waals surface area contributed by atoms with Gasteiger partial charge in [-0.15, -0.1) is 0 Å². The molecular formula is C12H6Cl3F. The summed E-state index contributed by atoms with van der Waals surface area (Å²) >= 11 is 17.5. The molecule has 2 aromatic carbocycles. The Balaban J connectivity index is 2.71. The minimum absolute atomic E-state index is 0.0521. The molecule has 0 saturated carbocycles. The number of hydrogen-bond donors (Lipinski definition) is 0. The standard InChI is InChI=1S/C12H6Cl3F/c13-8-6-9(14)12(16)11(15)10(8)7-4-2-1-3-5-7/h1-6H. The molecule has 2 aromatic rings. The average molecular weight is 276 g/mol. The highest BCUT2D eigenvalue weighted by Gasteiger charge is 2.15. The van der Waals surface area contributed by atoms with Crippen molar-refractivity contribution in [3.63, 3.8) is 0 Å². The van der Waals surface area contributed by atoms with Crippen LogP contribution in [0.15, 0.2) is 36.4 Å². The highest BCUT2D eigenvalue weighted by molar-refractivity contribution is 6.42. The molecule has 0 radical (unpaired) electrons. The first-order valence-corrected chi connectivity index (χ1v) is 5.63. The van der Waals surface area contributed by atoms with Crippen LogP contribution in [0.4, 0.5) is 4.39 Å². The second kappa shape index (κ2) is 4.62. The fourth-order valence-electron chi connectivity index (χ4n) is 1.44. The molecule has 0 atom stereocenters. The summed E-state index contributed by atoms with van der Waals surface area (Å²) in [6, 6.07) is 10.5. The van der Waals surface area contributed by atoms with Crippen molar-refractivity contribution in [1.29, 1.82) is 0 Å². The Bertz CT molecular complexity index is 524. The van der Waals surface area contributed by atoms with Crippen LogP contribution in [-0.2, 0) is 0 Å². The monoisotopic (exact) mass is 274 g/mol. The summed E-state index contributed by atoms with van der Waals surface area (Å²) < 4.78 is 13.5. The second-order valence-electron chi connectivity index (χ2n) is 3.21. The molecule has 4 heteroatoms. The van der Waals surface area contributed by atoms with Gasteiger partial charge in [-0.05, 0) is 11.6 Å². The van der Waals surface area contributed by atoms with Crippen molar-refractivity contribution < 1.29 is 4.39 Å². The fourth-order valence-corrected chi connectivity index (χ4v) is 2.42. The molecule has 0 unspecified atom stereocenters. The van der Waals surface area contributed by atoms with Crippen molar-refractivity contribution in [3.8, 4) is 11.1 Å². The SMILES string of the molecule is Fc1c(Cl)cc(Cl)c(-c2ccccc2)c1Cl. The highest BCUT2D eigenvalue weighted by atomic mass is 35.5. The summed E-state index contributed by atoms with van der Waals surface area (Å²) in [5.74, 6) is -0.647. The van der Waals surface area contributed by atoms with Crippen molar-refractivity contribution in [2.45, 2.75) is 0 Å². The van der Waals surface area contributed by atoms with E-state index in [9.17, 15) is 4.39 Å². The molecule has 0 saturated heterocycles. The molecule has 0 aliphatic rings. The van der Waals surface area contributed by atoms with Crippen LogP contribution in [0.1, 0.15) is 0 Å². The van der Waals surface area contributed by atoms with Crippen molar-refractivity contribution in [3.05, 3.63) is 57.3 Å². The maximum atomic E-state index is 13.5. The van der Waals surface area contributed by atoms with Crippen LogP contribution in [0.3, 0.4) is 0 Å². The smallest absolute Gasteiger partial charge is 0.161 e. The Kier molecular flexibility index (Phi) is 3.38. The van der Waals surface area contributed by atoms with E-state index in [4.69, 9.17) is 34.8 Å². The lowest BCUT2D eigenvalue weighted by Crippen LogP contribution is -1.87. The highest BCUT2D eigenvalue weighted by Crippen LogP contribution is 2.39. The van der Waals surface area contributed by atoms with E-state index in [0.29, 0.717) is 10.6 Å². The molecule has 0 aliphatic heterocycles. The minimum atomic E-state index is -0.647. The van der Waals surface area contributed by atoms with Crippen LogP contribution in [0.5, 0.6) is 0 Å². The van der Waals surface area contributed by atoms with E-state index in [0.717, 1.165) is 5.56 Å². The predicted octanol–water partition coefficient (Wildman–Crippen LogP) is 5.45. The lowest BCUT2D eigenvalue weighted by molar-refractivity contribution is 0.629.